The van der Waals surface area contributed by atoms with Gasteiger partial charge in [-0.25, -0.2) is 8.78 Å². The van der Waals surface area contributed by atoms with Crippen molar-refractivity contribution in [1.82, 2.24) is 5.32 Å². The monoisotopic (exact) mass is 309 g/mol. The lowest BCUT2D eigenvalue weighted by Crippen LogP contribution is -2.25. The van der Waals surface area contributed by atoms with E-state index in [1.807, 2.05) is 13.8 Å². The Bertz CT molecular complexity index is 608. The molecule has 0 bridgehead atoms. The Morgan fingerprint density at radius 2 is 1.95 bits per heavy atom. The lowest BCUT2D eigenvalue weighted by Gasteiger charge is -2.23. The number of halogens is 3. The smallest absolute Gasteiger partial charge is 0.129 e. The summed E-state index contributed by atoms with van der Waals surface area (Å²) in [7, 11) is 0. The summed E-state index contributed by atoms with van der Waals surface area (Å²) in [6.45, 7) is 4.56. The number of benzene rings is 2. The molecule has 0 amide bonds. The fraction of sp³-hybridized carbons (Fsp3) is 0.294. The van der Waals surface area contributed by atoms with Gasteiger partial charge < -0.3 is 5.32 Å². The van der Waals surface area contributed by atoms with Crippen LogP contribution in [-0.4, -0.2) is 6.54 Å². The Balaban J connectivity index is 2.52. The van der Waals surface area contributed by atoms with Gasteiger partial charge in [0.15, 0.2) is 0 Å². The van der Waals surface area contributed by atoms with Crippen molar-refractivity contribution < 1.29 is 8.78 Å². The summed E-state index contributed by atoms with van der Waals surface area (Å²) in [5.74, 6) is -0.662. The van der Waals surface area contributed by atoms with Gasteiger partial charge in [-0.3, -0.25) is 0 Å². The molecule has 2 aromatic rings. The van der Waals surface area contributed by atoms with E-state index in [2.05, 4.69) is 5.32 Å². The third-order valence-corrected chi connectivity index (χ3v) is 3.76. The molecule has 4 heteroatoms. The molecule has 0 aliphatic carbocycles. The Labute approximate surface area is 128 Å². The SMILES string of the molecule is CCCNC(c1ccc(F)cc1C)c1c(F)cccc1Cl. The van der Waals surface area contributed by atoms with Crippen LogP contribution in [0.25, 0.3) is 0 Å². The van der Waals surface area contributed by atoms with Gasteiger partial charge in [0, 0.05) is 10.6 Å². The van der Waals surface area contributed by atoms with E-state index in [0.717, 1.165) is 17.5 Å². The highest BCUT2D eigenvalue weighted by Crippen LogP contribution is 2.32. The van der Waals surface area contributed by atoms with Crippen molar-refractivity contribution in [2.45, 2.75) is 26.3 Å². The molecule has 0 heterocycles. The standard InChI is InChI=1S/C17H18ClF2N/c1-3-9-21-17(13-8-7-12(19)10-11(13)2)16-14(18)5-4-6-15(16)20/h4-8,10,17,21H,3,9H2,1-2H3. The largest absolute Gasteiger partial charge is 0.306 e. The van der Waals surface area contributed by atoms with E-state index in [9.17, 15) is 8.78 Å². The van der Waals surface area contributed by atoms with Gasteiger partial charge in [-0.05, 0) is 55.3 Å². The molecule has 1 atom stereocenters. The highest BCUT2D eigenvalue weighted by Gasteiger charge is 2.21. The molecule has 0 aliphatic heterocycles. The predicted molar refractivity (Wildman–Crippen MR) is 82.7 cm³/mol. The van der Waals surface area contributed by atoms with Gasteiger partial charge >= 0.3 is 0 Å². The molecule has 0 aromatic heterocycles. The number of hydrogen-bond acceptors (Lipinski definition) is 1. The first-order chi connectivity index (χ1) is 10.0. The van der Waals surface area contributed by atoms with E-state index in [1.165, 1.54) is 18.2 Å². The molecular weight excluding hydrogens is 292 g/mol. The van der Waals surface area contributed by atoms with Gasteiger partial charge in [0.2, 0.25) is 0 Å². The van der Waals surface area contributed by atoms with E-state index < -0.39 is 0 Å². The van der Waals surface area contributed by atoms with Crippen LogP contribution in [0.5, 0.6) is 0 Å². The van der Waals surface area contributed by atoms with E-state index >= 15 is 0 Å². The maximum absolute atomic E-state index is 14.2. The molecule has 112 valence electrons. The summed E-state index contributed by atoms with van der Waals surface area (Å²) in [6, 6.07) is 8.76. The molecule has 21 heavy (non-hydrogen) atoms. The average Bonchev–Trinajstić information content (AvgIpc) is 2.43. The normalized spacial score (nSPS) is 12.4. The number of hydrogen-bond donors (Lipinski definition) is 1. The predicted octanol–water partition coefficient (Wildman–Crippen LogP) is 5.02. The molecular formula is C17H18ClF2N. The Kier molecular flexibility index (Phi) is 5.32. The zero-order valence-corrected chi connectivity index (χ0v) is 12.8. The summed E-state index contributed by atoms with van der Waals surface area (Å²) in [5, 5.41) is 3.66. The van der Waals surface area contributed by atoms with Crippen molar-refractivity contribution in [3.63, 3.8) is 0 Å². The quantitative estimate of drug-likeness (QED) is 0.818. The molecule has 0 saturated heterocycles. The van der Waals surface area contributed by atoms with Gasteiger partial charge in [0.1, 0.15) is 11.6 Å². The highest BCUT2D eigenvalue weighted by atomic mass is 35.5. The molecule has 2 rings (SSSR count). The minimum Gasteiger partial charge on any atom is -0.306 e. The van der Waals surface area contributed by atoms with Gasteiger partial charge in [0.05, 0.1) is 6.04 Å². The lowest BCUT2D eigenvalue weighted by molar-refractivity contribution is 0.544. The van der Waals surface area contributed by atoms with Crippen LogP contribution in [0, 0.1) is 18.6 Å². The van der Waals surface area contributed by atoms with Crippen molar-refractivity contribution in [1.29, 1.82) is 0 Å². The number of aryl methyl sites for hydroxylation is 1. The summed E-state index contributed by atoms with van der Waals surface area (Å²) in [4.78, 5) is 0. The third-order valence-electron chi connectivity index (χ3n) is 3.43. The summed E-state index contributed by atoms with van der Waals surface area (Å²) in [6.07, 6.45) is 0.906. The van der Waals surface area contributed by atoms with Crippen LogP contribution in [0.1, 0.15) is 36.1 Å². The first kappa shape index (κ1) is 15.9. The minimum absolute atomic E-state index is 0.301. The molecule has 2 aromatic carbocycles. The van der Waals surface area contributed by atoms with Crippen molar-refractivity contribution >= 4 is 11.6 Å². The zero-order chi connectivity index (χ0) is 15.4. The van der Waals surface area contributed by atoms with E-state index in [4.69, 9.17) is 11.6 Å². The second-order valence-electron chi connectivity index (χ2n) is 5.02. The first-order valence-corrected chi connectivity index (χ1v) is 7.35. The molecule has 1 nitrogen and oxygen atoms in total. The number of nitrogens with one attached hydrogen (secondary N) is 1. The summed E-state index contributed by atoms with van der Waals surface area (Å²) in [5.41, 5.74) is 2.00. The maximum atomic E-state index is 14.2. The van der Waals surface area contributed by atoms with Gasteiger partial charge in [-0.2, -0.15) is 0 Å². The molecule has 1 N–H and O–H groups in total. The second kappa shape index (κ2) is 7.01. The minimum atomic E-state index is -0.390. The lowest BCUT2D eigenvalue weighted by atomic mass is 9.94. The Morgan fingerprint density at radius 3 is 2.57 bits per heavy atom. The van der Waals surface area contributed by atoms with Gasteiger partial charge in [-0.1, -0.05) is 30.7 Å². The molecule has 1 unspecified atom stereocenters. The van der Waals surface area contributed by atoms with Crippen LogP contribution in [0.2, 0.25) is 5.02 Å². The second-order valence-corrected chi connectivity index (χ2v) is 5.43. The molecule has 0 fully saturated rings. The molecule has 0 aliphatic rings. The van der Waals surface area contributed by atoms with Crippen LogP contribution in [0.4, 0.5) is 8.78 Å². The van der Waals surface area contributed by atoms with Crippen molar-refractivity contribution in [3.05, 3.63) is 69.7 Å². The maximum Gasteiger partial charge on any atom is 0.129 e. The van der Waals surface area contributed by atoms with Crippen LogP contribution in [0.3, 0.4) is 0 Å². The summed E-state index contributed by atoms with van der Waals surface area (Å²) >= 11 is 6.18. The highest BCUT2D eigenvalue weighted by molar-refractivity contribution is 6.31. The van der Waals surface area contributed by atoms with Crippen molar-refractivity contribution in [2.24, 2.45) is 0 Å². The van der Waals surface area contributed by atoms with Crippen LogP contribution in [0.15, 0.2) is 36.4 Å². The van der Waals surface area contributed by atoms with Crippen LogP contribution in [-0.2, 0) is 0 Å². The van der Waals surface area contributed by atoms with E-state index in [0.29, 0.717) is 17.1 Å². The summed E-state index contributed by atoms with van der Waals surface area (Å²) < 4.78 is 27.5. The van der Waals surface area contributed by atoms with Gasteiger partial charge in [-0.15, -0.1) is 0 Å². The van der Waals surface area contributed by atoms with E-state index in [1.54, 1.807) is 18.2 Å². The molecule has 0 spiro atoms. The van der Waals surface area contributed by atoms with Crippen molar-refractivity contribution in [2.75, 3.05) is 6.54 Å². The first-order valence-electron chi connectivity index (χ1n) is 6.98. The van der Waals surface area contributed by atoms with Crippen molar-refractivity contribution in [3.8, 4) is 0 Å². The van der Waals surface area contributed by atoms with Gasteiger partial charge in [0.25, 0.3) is 0 Å². The molecule has 0 radical (unpaired) electrons. The average molecular weight is 310 g/mol. The van der Waals surface area contributed by atoms with E-state index in [-0.39, 0.29) is 17.7 Å². The Hall–Kier alpha value is -1.45. The fourth-order valence-corrected chi connectivity index (χ4v) is 2.68. The molecule has 0 saturated carbocycles. The Morgan fingerprint density at radius 1 is 1.19 bits per heavy atom. The van der Waals surface area contributed by atoms with Crippen LogP contribution < -0.4 is 5.32 Å². The van der Waals surface area contributed by atoms with Crippen LogP contribution >= 0.6 is 11.6 Å². The number of rotatable bonds is 5. The third kappa shape index (κ3) is 3.60. The fourth-order valence-electron chi connectivity index (χ4n) is 2.41. The topological polar surface area (TPSA) is 12.0 Å². The zero-order valence-electron chi connectivity index (χ0n) is 12.1.